The highest BCUT2D eigenvalue weighted by Crippen LogP contribution is 2.44. The molecule has 4 aromatic heterocycles. The van der Waals surface area contributed by atoms with Gasteiger partial charge in [-0.1, -0.05) is 188 Å². The Labute approximate surface area is 431 Å². The molecule has 0 fully saturated rings. The topological polar surface area (TPSA) is 69.9 Å². The second-order valence-electron chi connectivity index (χ2n) is 19.1. The molecule has 6 nitrogen and oxygen atoms in total. The normalized spacial score (nSPS) is 11.7. The predicted molar refractivity (Wildman–Crippen MR) is 307 cm³/mol. The molecule has 0 bridgehead atoms. The minimum atomic E-state index is 0.607. The van der Waals surface area contributed by atoms with Gasteiger partial charge in [-0.15, -0.1) is 0 Å². The molecule has 15 rings (SSSR count). The van der Waals surface area contributed by atoms with Crippen LogP contribution in [0.2, 0.25) is 0 Å². The summed E-state index contributed by atoms with van der Waals surface area (Å²) in [5.74, 6) is 1.86. The van der Waals surface area contributed by atoms with Gasteiger partial charge in [0.05, 0.1) is 16.7 Å². The summed E-state index contributed by atoms with van der Waals surface area (Å²) in [5.41, 5.74) is 18.2. The predicted octanol–water partition coefficient (Wildman–Crippen LogP) is 18.4. The lowest BCUT2D eigenvalue weighted by atomic mass is 9.95. The number of furan rings is 2. The van der Waals surface area contributed by atoms with Crippen molar-refractivity contribution in [2.45, 2.75) is 0 Å². The average molecular weight is 959 g/mol. The second-order valence-corrected chi connectivity index (χ2v) is 19.1. The number of aromatic nitrogens is 4. The van der Waals surface area contributed by atoms with Crippen LogP contribution in [0.4, 0.5) is 0 Å². The molecule has 0 aliphatic heterocycles. The van der Waals surface area contributed by atoms with Crippen LogP contribution in [0.5, 0.6) is 0 Å². The third-order valence-corrected chi connectivity index (χ3v) is 14.6. The number of nitrogens with zero attached hydrogens (tertiary/aromatic N) is 4. The molecular formula is C69H42N4O2. The summed E-state index contributed by atoms with van der Waals surface area (Å²) in [5, 5.41) is 6.64. The van der Waals surface area contributed by atoms with Gasteiger partial charge in [0.25, 0.3) is 0 Å². The molecule has 11 aromatic carbocycles. The summed E-state index contributed by atoms with van der Waals surface area (Å²) >= 11 is 0. The molecule has 0 saturated carbocycles. The zero-order valence-electron chi connectivity index (χ0n) is 40.4. The molecule has 75 heavy (non-hydrogen) atoms. The quantitative estimate of drug-likeness (QED) is 0.152. The Morgan fingerprint density at radius 2 is 0.760 bits per heavy atom. The summed E-state index contributed by atoms with van der Waals surface area (Å²) in [6.07, 6.45) is 0. The van der Waals surface area contributed by atoms with Gasteiger partial charge >= 0.3 is 0 Å². The lowest BCUT2D eigenvalue weighted by Crippen LogP contribution is -2.00. The first-order chi connectivity index (χ1) is 37.1. The SMILES string of the molecule is c1ccc(-c2ccc3c(c2)c2ccccc2n3-c2cc(-c3cccc(-c4ccc5oc6cccc(-c7cccc(-c8nc(-c9ccccc9)nc(-c9ccccc9)n8)c7)c6c5c4)c3)cc3c2oc2ccccc23)cc1. The fraction of sp³-hybridized carbons (Fsp3) is 0. The van der Waals surface area contributed by atoms with E-state index in [9.17, 15) is 0 Å². The Bertz CT molecular complexity index is 4650. The van der Waals surface area contributed by atoms with Crippen LogP contribution in [0.1, 0.15) is 0 Å². The van der Waals surface area contributed by atoms with E-state index < -0.39 is 0 Å². The number of hydrogen-bond donors (Lipinski definition) is 0. The van der Waals surface area contributed by atoms with Crippen LogP contribution in [0.25, 0.3) is 150 Å². The Balaban J connectivity index is 0.850. The van der Waals surface area contributed by atoms with Gasteiger partial charge in [-0.3, -0.25) is 0 Å². The molecule has 0 unspecified atom stereocenters. The molecule has 0 aliphatic carbocycles. The number of fused-ring (bicyclic) bond motifs is 9. The van der Waals surface area contributed by atoms with Crippen molar-refractivity contribution in [2.75, 3.05) is 0 Å². The first-order valence-electron chi connectivity index (χ1n) is 25.2. The maximum atomic E-state index is 6.83. The van der Waals surface area contributed by atoms with Gasteiger partial charge in [0.2, 0.25) is 0 Å². The van der Waals surface area contributed by atoms with E-state index in [1.54, 1.807) is 0 Å². The highest BCUT2D eigenvalue weighted by Gasteiger charge is 2.22. The largest absolute Gasteiger partial charge is 0.456 e. The molecule has 0 spiro atoms. The number of para-hydroxylation sites is 2. The summed E-state index contributed by atoms with van der Waals surface area (Å²) in [6.45, 7) is 0. The van der Waals surface area contributed by atoms with Crippen molar-refractivity contribution in [2.24, 2.45) is 0 Å². The van der Waals surface area contributed by atoms with Crippen molar-refractivity contribution in [3.63, 3.8) is 0 Å². The Morgan fingerprint density at radius 1 is 0.267 bits per heavy atom. The molecule has 0 atom stereocenters. The van der Waals surface area contributed by atoms with Gasteiger partial charge in [0.15, 0.2) is 23.1 Å². The van der Waals surface area contributed by atoms with E-state index in [1.165, 1.54) is 21.9 Å². The van der Waals surface area contributed by atoms with Crippen LogP contribution in [0.15, 0.2) is 264 Å². The molecule has 0 amide bonds. The molecular weight excluding hydrogens is 917 g/mol. The second kappa shape index (κ2) is 17.3. The minimum Gasteiger partial charge on any atom is -0.456 e. The zero-order valence-corrected chi connectivity index (χ0v) is 40.4. The van der Waals surface area contributed by atoms with Gasteiger partial charge in [0.1, 0.15) is 16.7 Å². The number of hydrogen-bond acceptors (Lipinski definition) is 5. The Morgan fingerprint density at radius 3 is 1.52 bits per heavy atom. The molecule has 4 heterocycles. The van der Waals surface area contributed by atoms with Gasteiger partial charge in [0, 0.05) is 49.0 Å². The molecule has 0 N–H and O–H groups in total. The minimum absolute atomic E-state index is 0.607. The third kappa shape index (κ3) is 7.22. The van der Waals surface area contributed by atoms with Gasteiger partial charge in [-0.2, -0.15) is 0 Å². The van der Waals surface area contributed by atoms with Crippen molar-refractivity contribution in [3.8, 4) is 84.4 Å². The van der Waals surface area contributed by atoms with E-state index in [4.69, 9.17) is 23.8 Å². The molecule has 0 aliphatic rings. The summed E-state index contributed by atoms with van der Waals surface area (Å²) in [7, 11) is 0. The van der Waals surface area contributed by atoms with Gasteiger partial charge < -0.3 is 13.4 Å². The van der Waals surface area contributed by atoms with Crippen LogP contribution >= 0.6 is 0 Å². The standard InChI is InChI=1S/C69H42N4O2/c1-4-17-43(18-5-1)48-33-35-60-56(39-48)54-27-10-12-30-59(54)73(60)61-42-52(41-57-55-28-11-13-31-62(55)75-66(57)61)47-24-14-23-46(37-47)49-34-36-63-58(40-49)65-53(29-16-32-64(65)74-63)50-25-15-26-51(38-50)69-71-67(44-19-6-2-7-20-44)70-68(72-69)45-21-8-3-9-22-45/h1-42H. The zero-order chi connectivity index (χ0) is 49.4. The summed E-state index contributed by atoms with van der Waals surface area (Å²) < 4.78 is 15.8. The van der Waals surface area contributed by atoms with Gasteiger partial charge in [-0.05, 0) is 111 Å². The smallest absolute Gasteiger partial charge is 0.164 e. The summed E-state index contributed by atoms with van der Waals surface area (Å²) in [6, 6.07) is 89.4. The molecule has 15 aromatic rings. The monoisotopic (exact) mass is 958 g/mol. The number of rotatable bonds is 8. The van der Waals surface area contributed by atoms with E-state index in [0.717, 1.165) is 111 Å². The van der Waals surface area contributed by atoms with Crippen LogP contribution in [0.3, 0.4) is 0 Å². The first-order valence-corrected chi connectivity index (χ1v) is 25.2. The Kier molecular flexibility index (Phi) is 9.78. The fourth-order valence-corrected chi connectivity index (χ4v) is 11.1. The summed E-state index contributed by atoms with van der Waals surface area (Å²) in [4.78, 5) is 15.0. The van der Waals surface area contributed by atoms with Crippen molar-refractivity contribution < 1.29 is 8.83 Å². The third-order valence-electron chi connectivity index (χ3n) is 14.6. The van der Waals surface area contributed by atoms with Crippen molar-refractivity contribution in [3.05, 3.63) is 255 Å². The van der Waals surface area contributed by atoms with E-state index in [2.05, 4.69) is 193 Å². The lowest BCUT2D eigenvalue weighted by molar-refractivity contribution is 0.666. The molecule has 0 saturated heterocycles. The molecule has 350 valence electrons. The number of benzene rings is 11. The first kappa shape index (κ1) is 42.5. The average Bonchev–Trinajstić information content (AvgIpc) is 4.22. The van der Waals surface area contributed by atoms with E-state index in [0.29, 0.717) is 17.5 Å². The fourth-order valence-electron chi connectivity index (χ4n) is 11.1. The Hall–Kier alpha value is -10.2. The van der Waals surface area contributed by atoms with E-state index in [1.807, 2.05) is 66.7 Å². The highest BCUT2D eigenvalue weighted by atomic mass is 16.3. The van der Waals surface area contributed by atoms with Crippen LogP contribution < -0.4 is 0 Å². The highest BCUT2D eigenvalue weighted by molar-refractivity contribution is 6.15. The maximum Gasteiger partial charge on any atom is 0.164 e. The maximum absolute atomic E-state index is 6.83. The van der Waals surface area contributed by atoms with Crippen LogP contribution in [0, 0.1) is 0 Å². The van der Waals surface area contributed by atoms with E-state index >= 15 is 0 Å². The van der Waals surface area contributed by atoms with Gasteiger partial charge in [-0.25, -0.2) is 15.0 Å². The van der Waals surface area contributed by atoms with Crippen LogP contribution in [-0.2, 0) is 0 Å². The van der Waals surface area contributed by atoms with Crippen molar-refractivity contribution in [1.29, 1.82) is 0 Å². The molecule has 0 radical (unpaired) electrons. The molecule has 6 heteroatoms. The van der Waals surface area contributed by atoms with Crippen LogP contribution in [-0.4, -0.2) is 19.5 Å². The van der Waals surface area contributed by atoms with E-state index in [-0.39, 0.29) is 0 Å². The van der Waals surface area contributed by atoms with Crippen molar-refractivity contribution in [1.82, 2.24) is 19.5 Å². The lowest BCUT2D eigenvalue weighted by Gasteiger charge is -2.13. The van der Waals surface area contributed by atoms with Crippen molar-refractivity contribution >= 4 is 65.7 Å².